The SMILES string of the molecule is CCCCCCCCc1nnc(Br)s1. The summed E-state index contributed by atoms with van der Waals surface area (Å²) in [6, 6.07) is 0. The van der Waals surface area contributed by atoms with Crippen molar-refractivity contribution in [2.75, 3.05) is 0 Å². The topological polar surface area (TPSA) is 25.8 Å². The number of rotatable bonds is 7. The molecule has 0 spiro atoms. The fraction of sp³-hybridized carbons (Fsp3) is 0.800. The molecule has 1 heterocycles. The van der Waals surface area contributed by atoms with Crippen molar-refractivity contribution in [3.63, 3.8) is 0 Å². The van der Waals surface area contributed by atoms with Crippen molar-refractivity contribution in [1.82, 2.24) is 10.2 Å². The molecule has 0 aromatic carbocycles. The van der Waals surface area contributed by atoms with Gasteiger partial charge in [0.05, 0.1) is 0 Å². The monoisotopic (exact) mass is 276 g/mol. The Labute approximate surface area is 98.3 Å². The first-order valence-electron chi connectivity index (χ1n) is 5.31. The Kier molecular flexibility index (Phi) is 6.36. The highest BCUT2D eigenvalue weighted by molar-refractivity contribution is 9.11. The Morgan fingerprint density at radius 3 is 2.43 bits per heavy atom. The maximum Gasteiger partial charge on any atom is 0.183 e. The fourth-order valence-electron chi connectivity index (χ4n) is 1.39. The van der Waals surface area contributed by atoms with E-state index in [4.69, 9.17) is 0 Å². The maximum absolute atomic E-state index is 4.07. The first-order chi connectivity index (χ1) is 6.83. The zero-order chi connectivity index (χ0) is 10.2. The number of aryl methyl sites for hydroxylation is 1. The van der Waals surface area contributed by atoms with Crippen molar-refractivity contribution in [3.8, 4) is 0 Å². The van der Waals surface area contributed by atoms with Gasteiger partial charge in [-0.1, -0.05) is 50.4 Å². The largest absolute Gasteiger partial charge is 0.183 e. The lowest BCUT2D eigenvalue weighted by Gasteiger charge is -1.97. The molecule has 1 aromatic rings. The van der Waals surface area contributed by atoms with Crippen molar-refractivity contribution in [1.29, 1.82) is 0 Å². The van der Waals surface area contributed by atoms with Crippen LogP contribution >= 0.6 is 27.3 Å². The summed E-state index contributed by atoms with van der Waals surface area (Å²) in [5.41, 5.74) is 0. The summed E-state index contributed by atoms with van der Waals surface area (Å²) < 4.78 is 0.901. The van der Waals surface area contributed by atoms with Gasteiger partial charge in [0.25, 0.3) is 0 Å². The van der Waals surface area contributed by atoms with Crippen LogP contribution in [0.4, 0.5) is 0 Å². The normalized spacial score (nSPS) is 10.7. The van der Waals surface area contributed by atoms with E-state index in [1.165, 1.54) is 38.5 Å². The Morgan fingerprint density at radius 2 is 1.79 bits per heavy atom. The summed E-state index contributed by atoms with van der Waals surface area (Å²) in [7, 11) is 0. The summed E-state index contributed by atoms with van der Waals surface area (Å²) >= 11 is 4.97. The van der Waals surface area contributed by atoms with Crippen LogP contribution in [0.2, 0.25) is 0 Å². The molecule has 0 amide bonds. The van der Waals surface area contributed by atoms with Crippen LogP contribution < -0.4 is 0 Å². The first-order valence-corrected chi connectivity index (χ1v) is 6.91. The summed E-state index contributed by atoms with van der Waals surface area (Å²) in [5.74, 6) is 0. The van der Waals surface area contributed by atoms with E-state index in [-0.39, 0.29) is 0 Å². The molecule has 0 bridgehead atoms. The highest BCUT2D eigenvalue weighted by atomic mass is 79.9. The summed E-state index contributed by atoms with van der Waals surface area (Å²) in [6.45, 7) is 2.25. The van der Waals surface area contributed by atoms with Gasteiger partial charge in [0.1, 0.15) is 5.01 Å². The minimum Gasteiger partial charge on any atom is -0.143 e. The van der Waals surface area contributed by atoms with Crippen LogP contribution in [-0.4, -0.2) is 10.2 Å². The molecule has 14 heavy (non-hydrogen) atoms. The molecule has 0 aliphatic carbocycles. The van der Waals surface area contributed by atoms with Gasteiger partial charge >= 0.3 is 0 Å². The van der Waals surface area contributed by atoms with Crippen molar-refractivity contribution in [2.45, 2.75) is 51.9 Å². The third-order valence-corrected chi connectivity index (χ3v) is 3.60. The van der Waals surface area contributed by atoms with E-state index in [0.717, 1.165) is 15.3 Å². The van der Waals surface area contributed by atoms with E-state index >= 15 is 0 Å². The molecule has 0 aliphatic rings. The summed E-state index contributed by atoms with van der Waals surface area (Å²) in [5, 5.41) is 9.16. The standard InChI is InChI=1S/C10H17BrN2S/c1-2-3-4-5-6-7-8-9-12-13-10(11)14-9/h2-8H2,1H3. The van der Waals surface area contributed by atoms with Crippen molar-refractivity contribution in [2.24, 2.45) is 0 Å². The predicted molar refractivity (Wildman–Crippen MR) is 64.7 cm³/mol. The van der Waals surface area contributed by atoms with Gasteiger partial charge in [-0.2, -0.15) is 0 Å². The fourth-order valence-corrected chi connectivity index (χ4v) is 2.63. The molecular weight excluding hydrogens is 260 g/mol. The molecule has 2 nitrogen and oxygen atoms in total. The number of hydrogen-bond acceptors (Lipinski definition) is 3. The molecule has 80 valence electrons. The van der Waals surface area contributed by atoms with Gasteiger partial charge in [0.2, 0.25) is 0 Å². The molecular formula is C10H17BrN2S. The predicted octanol–water partition coefficient (Wildman–Crippen LogP) is 4.20. The molecule has 0 unspecified atom stereocenters. The van der Waals surface area contributed by atoms with Crippen LogP contribution in [-0.2, 0) is 6.42 Å². The number of hydrogen-bond donors (Lipinski definition) is 0. The lowest BCUT2D eigenvalue weighted by molar-refractivity contribution is 0.606. The van der Waals surface area contributed by atoms with E-state index < -0.39 is 0 Å². The quantitative estimate of drug-likeness (QED) is 0.698. The van der Waals surface area contributed by atoms with Gasteiger partial charge in [-0.25, -0.2) is 0 Å². The second-order valence-electron chi connectivity index (χ2n) is 3.47. The van der Waals surface area contributed by atoms with Crippen LogP contribution in [0.1, 0.15) is 50.5 Å². The number of aromatic nitrogens is 2. The third-order valence-electron chi connectivity index (χ3n) is 2.19. The van der Waals surface area contributed by atoms with Crippen LogP contribution in [0.25, 0.3) is 0 Å². The van der Waals surface area contributed by atoms with Gasteiger partial charge in [-0.05, 0) is 22.4 Å². The highest BCUT2D eigenvalue weighted by Gasteiger charge is 2.00. The average Bonchev–Trinajstić information content (AvgIpc) is 2.58. The molecule has 0 radical (unpaired) electrons. The minimum absolute atomic E-state index is 0.901. The van der Waals surface area contributed by atoms with Gasteiger partial charge in [0, 0.05) is 6.42 Å². The van der Waals surface area contributed by atoms with Gasteiger partial charge in [-0.3, -0.25) is 0 Å². The zero-order valence-corrected chi connectivity index (χ0v) is 11.0. The van der Waals surface area contributed by atoms with Gasteiger partial charge in [0.15, 0.2) is 3.92 Å². The Balaban J connectivity index is 1.99. The van der Waals surface area contributed by atoms with E-state index in [1.807, 2.05) is 0 Å². The molecule has 0 fully saturated rings. The van der Waals surface area contributed by atoms with Crippen molar-refractivity contribution >= 4 is 27.3 Å². The molecule has 0 aliphatic heterocycles. The molecule has 0 atom stereocenters. The summed E-state index contributed by atoms with van der Waals surface area (Å²) in [4.78, 5) is 0. The van der Waals surface area contributed by atoms with E-state index in [1.54, 1.807) is 11.3 Å². The number of unbranched alkanes of at least 4 members (excludes halogenated alkanes) is 5. The van der Waals surface area contributed by atoms with Crippen molar-refractivity contribution < 1.29 is 0 Å². The van der Waals surface area contributed by atoms with Gasteiger partial charge < -0.3 is 0 Å². The van der Waals surface area contributed by atoms with Crippen molar-refractivity contribution in [3.05, 3.63) is 8.92 Å². The lowest BCUT2D eigenvalue weighted by atomic mass is 10.1. The Morgan fingerprint density at radius 1 is 1.07 bits per heavy atom. The third kappa shape index (κ3) is 5.05. The van der Waals surface area contributed by atoms with Crippen LogP contribution in [0.15, 0.2) is 3.92 Å². The maximum atomic E-state index is 4.07. The van der Waals surface area contributed by atoms with E-state index in [9.17, 15) is 0 Å². The highest BCUT2D eigenvalue weighted by Crippen LogP contribution is 2.18. The van der Waals surface area contributed by atoms with E-state index in [2.05, 4.69) is 33.1 Å². The molecule has 4 heteroatoms. The average molecular weight is 277 g/mol. The molecule has 0 saturated heterocycles. The molecule has 0 saturated carbocycles. The zero-order valence-electron chi connectivity index (χ0n) is 8.63. The number of nitrogens with zero attached hydrogens (tertiary/aromatic N) is 2. The number of halogens is 1. The van der Waals surface area contributed by atoms with Gasteiger partial charge in [-0.15, -0.1) is 10.2 Å². The van der Waals surface area contributed by atoms with Crippen LogP contribution in [0.3, 0.4) is 0 Å². The van der Waals surface area contributed by atoms with E-state index in [0.29, 0.717) is 0 Å². The molecule has 1 aromatic heterocycles. The smallest absolute Gasteiger partial charge is 0.143 e. The Bertz CT molecular complexity index is 250. The van der Waals surface area contributed by atoms with Crippen LogP contribution in [0, 0.1) is 0 Å². The van der Waals surface area contributed by atoms with Crippen LogP contribution in [0.5, 0.6) is 0 Å². The second kappa shape index (κ2) is 7.35. The first kappa shape index (κ1) is 12.1. The molecule has 1 rings (SSSR count). The lowest BCUT2D eigenvalue weighted by Crippen LogP contribution is -1.85. The minimum atomic E-state index is 0.901. The molecule has 0 N–H and O–H groups in total. The Hall–Kier alpha value is 0.0400. The second-order valence-corrected chi connectivity index (χ2v) is 5.80. The summed E-state index contributed by atoms with van der Waals surface area (Å²) in [6.07, 6.45) is 9.13.